The molecule has 2 aliphatic rings. The minimum atomic E-state index is 0.174. The number of para-hydroxylation sites is 1. The van der Waals surface area contributed by atoms with Gasteiger partial charge in [0.2, 0.25) is 5.91 Å². The van der Waals surface area contributed by atoms with Gasteiger partial charge in [0.25, 0.3) is 0 Å². The molecule has 0 fully saturated rings. The number of hydrogen-bond acceptors (Lipinski definition) is 4. The number of guanidine groups is 1. The molecule has 2 aliphatic heterocycles. The van der Waals surface area contributed by atoms with E-state index in [4.69, 9.17) is 9.47 Å². The van der Waals surface area contributed by atoms with Crippen LogP contribution in [0.1, 0.15) is 24.8 Å². The predicted molar refractivity (Wildman–Crippen MR) is 119 cm³/mol. The minimum absolute atomic E-state index is 0.174. The molecule has 0 radical (unpaired) electrons. The molecule has 4 rings (SSSR count). The highest BCUT2D eigenvalue weighted by Gasteiger charge is 2.23. The molecular weight excluding hydrogens is 380 g/mol. The maximum Gasteiger partial charge on any atom is 0.227 e. The van der Waals surface area contributed by atoms with Crippen LogP contribution in [0.3, 0.4) is 0 Å². The first kappa shape index (κ1) is 20.1. The second-order valence-corrected chi connectivity index (χ2v) is 7.36. The van der Waals surface area contributed by atoms with E-state index < -0.39 is 0 Å². The maximum absolute atomic E-state index is 12.6. The molecule has 0 aliphatic carbocycles. The molecule has 7 nitrogen and oxygen atoms in total. The number of aliphatic imine (C=N–C) groups is 1. The molecule has 0 unspecified atom stereocenters. The highest BCUT2D eigenvalue weighted by atomic mass is 16.5. The van der Waals surface area contributed by atoms with E-state index in [-0.39, 0.29) is 5.91 Å². The Morgan fingerprint density at radius 2 is 1.97 bits per heavy atom. The van der Waals surface area contributed by atoms with Crippen molar-refractivity contribution in [1.29, 1.82) is 0 Å². The summed E-state index contributed by atoms with van der Waals surface area (Å²) >= 11 is 0. The van der Waals surface area contributed by atoms with Gasteiger partial charge in [-0.05, 0) is 36.6 Å². The Morgan fingerprint density at radius 3 is 2.83 bits per heavy atom. The van der Waals surface area contributed by atoms with E-state index >= 15 is 0 Å². The highest BCUT2D eigenvalue weighted by molar-refractivity contribution is 5.96. The number of anilines is 2. The summed E-state index contributed by atoms with van der Waals surface area (Å²) in [5, 5.41) is 6.53. The van der Waals surface area contributed by atoms with E-state index in [1.807, 2.05) is 41.3 Å². The number of hydrogen-bond donors (Lipinski definition) is 2. The van der Waals surface area contributed by atoms with Gasteiger partial charge in [-0.25, -0.2) is 0 Å². The third-order valence-electron chi connectivity index (χ3n) is 5.28. The SMILES string of the molecule is CN=C(NCCCC(=O)N1CCc2ccccc21)Nc1ccc2c(c1)OCCCO2. The predicted octanol–water partition coefficient (Wildman–Crippen LogP) is 3.20. The Labute approximate surface area is 177 Å². The third-order valence-corrected chi connectivity index (χ3v) is 5.28. The lowest BCUT2D eigenvalue weighted by molar-refractivity contribution is -0.118. The van der Waals surface area contributed by atoms with Crippen LogP contribution in [0.15, 0.2) is 47.5 Å². The summed E-state index contributed by atoms with van der Waals surface area (Å²) in [6.07, 6.45) is 3.05. The summed E-state index contributed by atoms with van der Waals surface area (Å²) < 4.78 is 11.4. The van der Waals surface area contributed by atoms with Crippen LogP contribution in [0.25, 0.3) is 0 Å². The fraction of sp³-hybridized carbons (Fsp3) is 0.391. The molecule has 158 valence electrons. The molecule has 0 aromatic heterocycles. The van der Waals surface area contributed by atoms with Crippen LogP contribution in [0.4, 0.5) is 11.4 Å². The lowest BCUT2D eigenvalue weighted by Crippen LogP contribution is -2.33. The monoisotopic (exact) mass is 408 g/mol. The third kappa shape index (κ3) is 4.67. The Morgan fingerprint density at radius 1 is 1.13 bits per heavy atom. The Bertz CT molecular complexity index is 928. The van der Waals surface area contributed by atoms with Gasteiger partial charge in [0, 0.05) is 50.4 Å². The first-order chi connectivity index (χ1) is 14.7. The van der Waals surface area contributed by atoms with Crippen molar-refractivity contribution < 1.29 is 14.3 Å². The lowest BCUT2D eigenvalue weighted by atomic mass is 10.2. The number of carbonyl (C=O) groups is 1. The largest absolute Gasteiger partial charge is 0.490 e. The molecule has 0 saturated heterocycles. The van der Waals surface area contributed by atoms with E-state index in [9.17, 15) is 4.79 Å². The number of amides is 1. The molecule has 1 amide bonds. The first-order valence-electron chi connectivity index (χ1n) is 10.5. The molecular formula is C23H28N4O3. The van der Waals surface area contributed by atoms with Gasteiger partial charge in [0.1, 0.15) is 0 Å². The number of nitrogens with zero attached hydrogens (tertiary/aromatic N) is 2. The molecule has 0 atom stereocenters. The number of nitrogens with one attached hydrogen (secondary N) is 2. The van der Waals surface area contributed by atoms with Crippen LogP contribution < -0.4 is 25.0 Å². The van der Waals surface area contributed by atoms with Crippen molar-refractivity contribution in [2.45, 2.75) is 25.7 Å². The molecule has 0 spiro atoms. The van der Waals surface area contributed by atoms with Crippen molar-refractivity contribution in [3.63, 3.8) is 0 Å². The zero-order valence-electron chi connectivity index (χ0n) is 17.3. The Balaban J connectivity index is 1.25. The zero-order valence-corrected chi connectivity index (χ0v) is 17.3. The highest BCUT2D eigenvalue weighted by Crippen LogP contribution is 2.32. The van der Waals surface area contributed by atoms with E-state index in [0.717, 1.165) is 48.7 Å². The van der Waals surface area contributed by atoms with Gasteiger partial charge in [0.15, 0.2) is 17.5 Å². The van der Waals surface area contributed by atoms with E-state index in [1.165, 1.54) is 5.56 Å². The summed E-state index contributed by atoms with van der Waals surface area (Å²) in [7, 11) is 1.73. The van der Waals surface area contributed by atoms with Gasteiger partial charge in [-0.2, -0.15) is 0 Å². The van der Waals surface area contributed by atoms with Crippen molar-refractivity contribution in [1.82, 2.24) is 5.32 Å². The Kier molecular flexibility index (Phi) is 6.37. The summed E-state index contributed by atoms with van der Waals surface area (Å²) in [6, 6.07) is 13.9. The van der Waals surface area contributed by atoms with Crippen molar-refractivity contribution in [3.05, 3.63) is 48.0 Å². The quantitative estimate of drug-likeness (QED) is 0.451. The van der Waals surface area contributed by atoms with Gasteiger partial charge >= 0.3 is 0 Å². The molecule has 0 saturated carbocycles. The molecule has 0 bridgehead atoms. The second kappa shape index (κ2) is 9.52. The first-order valence-corrected chi connectivity index (χ1v) is 10.5. The van der Waals surface area contributed by atoms with Crippen molar-refractivity contribution >= 4 is 23.2 Å². The van der Waals surface area contributed by atoms with Gasteiger partial charge in [-0.15, -0.1) is 0 Å². The number of ether oxygens (including phenoxy) is 2. The smallest absolute Gasteiger partial charge is 0.227 e. The number of benzene rings is 2. The van der Waals surface area contributed by atoms with Crippen molar-refractivity contribution in [2.24, 2.45) is 4.99 Å². The minimum Gasteiger partial charge on any atom is -0.490 e. The fourth-order valence-corrected chi connectivity index (χ4v) is 3.74. The average Bonchev–Trinajstić information content (AvgIpc) is 3.07. The van der Waals surface area contributed by atoms with E-state index in [1.54, 1.807) is 7.05 Å². The molecule has 2 aromatic rings. The van der Waals surface area contributed by atoms with Gasteiger partial charge in [-0.3, -0.25) is 9.79 Å². The topological polar surface area (TPSA) is 75.2 Å². The average molecular weight is 409 g/mol. The number of fused-ring (bicyclic) bond motifs is 2. The molecule has 7 heteroatoms. The zero-order chi connectivity index (χ0) is 20.8. The van der Waals surface area contributed by atoms with Crippen LogP contribution in [-0.4, -0.2) is 45.2 Å². The summed E-state index contributed by atoms with van der Waals surface area (Å²) in [6.45, 7) is 2.76. The maximum atomic E-state index is 12.6. The second-order valence-electron chi connectivity index (χ2n) is 7.36. The lowest BCUT2D eigenvalue weighted by Gasteiger charge is -2.18. The van der Waals surface area contributed by atoms with Crippen molar-refractivity contribution in [3.8, 4) is 11.5 Å². The molecule has 2 N–H and O–H groups in total. The van der Waals surface area contributed by atoms with E-state index in [0.29, 0.717) is 32.1 Å². The molecule has 2 heterocycles. The van der Waals surface area contributed by atoms with Crippen LogP contribution in [0, 0.1) is 0 Å². The van der Waals surface area contributed by atoms with Gasteiger partial charge in [0.05, 0.1) is 13.2 Å². The molecule has 30 heavy (non-hydrogen) atoms. The molecule has 2 aromatic carbocycles. The van der Waals surface area contributed by atoms with E-state index in [2.05, 4.69) is 21.7 Å². The van der Waals surface area contributed by atoms with Crippen LogP contribution in [0.2, 0.25) is 0 Å². The Hall–Kier alpha value is -3.22. The van der Waals surface area contributed by atoms with Crippen molar-refractivity contribution in [2.75, 3.05) is 43.6 Å². The summed E-state index contributed by atoms with van der Waals surface area (Å²) in [4.78, 5) is 18.8. The fourth-order valence-electron chi connectivity index (χ4n) is 3.74. The summed E-state index contributed by atoms with van der Waals surface area (Å²) in [5.74, 6) is 2.34. The van der Waals surface area contributed by atoms with Crippen LogP contribution in [0.5, 0.6) is 11.5 Å². The van der Waals surface area contributed by atoms with Gasteiger partial charge < -0.3 is 25.0 Å². The standard InChI is InChI=1S/C23H28N4O3/c1-24-23(26-18-9-10-20-21(16-18)30-15-5-14-29-20)25-12-4-8-22(28)27-13-11-17-6-2-3-7-19(17)27/h2-3,6-7,9-10,16H,4-5,8,11-15H2,1H3,(H2,24,25,26). The van der Waals surface area contributed by atoms with Crippen LogP contribution >= 0.6 is 0 Å². The van der Waals surface area contributed by atoms with Crippen LogP contribution in [-0.2, 0) is 11.2 Å². The van der Waals surface area contributed by atoms with Gasteiger partial charge in [-0.1, -0.05) is 18.2 Å². The summed E-state index contributed by atoms with van der Waals surface area (Å²) in [5.41, 5.74) is 3.18. The number of carbonyl (C=O) groups excluding carboxylic acids is 1. The normalized spacial score (nSPS) is 15.4. The number of rotatable bonds is 5.